The van der Waals surface area contributed by atoms with Crippen molar-refractivity contribution in [2.75, 3.05) is 0 Å². The third-order valence-electron chi connectivity index (χ3n) is 9.35. The molecule has 4 heteroatoms. The molecule has 2 heterocycles. The van der Waals surface area contributed by atoms with Crippen molar-refractivity contribution in [1.82, 2.24) is 14.5 Å². The summed E-state index contributed by atoms with van der Waals surface area (Å²) < 4.78 is 2.27. The van der Waals surface area contributed by atoms with Crippen LogP contribution in [0.1, 0.15) is 0 Å². The van der Waals surface area contributed by atoms with Crippen molar-refractivity contribution in [1.29, 1.82) is 0 Å². The quantitative estimate of drug-likeness (QED) is 0.170. The van der Waals surface area contributed by atoms with Crippen LogP contribution in [-0.4, -0.2) is 14.5 Å². The van der Waals surface area contributed by atoms with Gasteiger partial charge in [0.25, 0.3) is 0 Å². The fraction of sp³-hybridized carbons (Fsp3) is 0. The van der Waals surface area contributed by atoms with Gasteiger partial charge in [0.05, 0.1) is 16.7 Å². The third kappa shape index (κ3) is 5.01. The summed E-state index contributed by atoms with van der Waals surface area (Å²) in [5.74, 6) is 1.53. The minimum atomic E-state index is -1.80. The van der Waals surface area contributed by atoms with Crippen LogP contribution >= 0.6 is 10.0 Å². The number of aromatic nitrogens is 3. The van der Waals surface area contributed by atoms with Gasteiger partial charge < -0.3 is 0 Å². The van der Waals surface area contributed by atoms with E-state index < -0.39 is 10.0 Å². The van der Waals surface area contributed by atoms with Gasteiger partial charge in [-0.05, 0) is 60.7 Å². The van der Waals surface area contributed by atoms with Crippen LogP contribution in [0.4, 0.5) is 0 Å². The van der Waals surface area contributed by atoms with Gasteiger partial charge in [0.15, 0.2) is 5.82 Å². The molecule has 0 amide bonds. The predicted octanol–water partition coefficient (Wildman–Crippen LogP) is 12.2. The summed E-state index contributed by atoms with van der Waals surface area (Å²) in [6.07, 6.45) is 0. The van der Waals surface area contributed by atoms with Gasteiger partial charge in [0.1, 0.15) is 5.82 Å². The standard InChI is InChI=1S/C46H33N3S/c1-5-17-34(18-6-1)42-33-45(49-43-27-15-13-25-40(43)41-26-14-16-28-44(41)49)48-46(47-42)35-29-31-39(32-30-35)50(36-19-7-2-8-20-36,37-21-9-3-10-22-37)38-23-11-4-12-24-38/h1-33H. The highest BCUT2D eigenvalue weighted by atomic mass is 32.3. The first kappa shape index (κ1) is 29.9. The number of rotatable bonds is 7. The fourth-order valence-electron chi connectivity index (χ4n) is 7.10. The van der Waals surface area contributed by atoms with E-state index in [0.29, 0.717) is 5.82 Å². The van der Waals surface area contributed by atoms with Crippen molar-refractivity contribution in [3.05, 3.63) is 200 Å². The molecule has 0 aliphatic heterocycles. The Bertz CT molecular complexity index is 2410. The van der Waals surface area contributed by atoms with Crippen LogP contribution in [0.2, 0.25) is 0 Å². The molecule has 2 aromatic heterocycles. The Labute approximate surface area is 293 Å². The second-order valence-corrected chi connectivity index (χ2v) is 15.4. The van der Waals surface area contributed by atoms with Gasteiger partial charge in [0.2, 0.25) is 0 Å². The number of hydrogen-bond donors (Lipinski definition) is 0. The van der Waals surface area contributed by atoms with Crippen LogP contribution in [-0.2, 0) is 0 Å². The van der Waals surface area contributed by atoms with E-state index in [1.165, 1.54) is 30.4 Å². The lowest BCUT2D eigenvalue weighted by Crippen LogP contribution is -2.05. The number of hydrogen-bond acceptors (Lipinski definition) is 2. The first-order valence-electron chi connectivity index (χ1n) is 16.8. The molecule has 3 nitrogen and oxygen atoms in total. The summed E-state index contributed by atoms with van der Waals surface area (Å²) in [4.78, 5) is 15.6. The second-order valence-electron chi connectivity index (χ2n) is 12.2. The summed E-state index contributed by atoms with van der Waals surface area (Å²) in [7, 11) is -1.80. The van der Waals surface area contributed by atoms with E-state index in [4.69, 9.17) is 9.97 Å². The summed E-state index contributed by atoms with van der Waals surface area (Å²) in [6.45, 7) is 0. The van der Waals surface area contributed by atoms with Gasteiger partial charge in [0, 0.05) is 47.5 Å². The van der Waals surface area contributed by atoms with E-state index in [9.17, 15) is 0 Å². The average Bonchev–Trinajstić information content (AvgIpc) is 3.54. The average molecular weight is 660 g/mol. The van der Waals surface area contributed by atoms with Crippen LogP contribution in [0.25, 0.3) is 50.3 Å². The predicted molar refractivity (Wildman–Crippen MR) is 207 cm³/mol. The Hall–Kier alpha value is -6.23. The maximum atomic E-state index is 5.30. The van der Waals surface area contributed by atoms with E-state index in [2.05, 4.69) is 199 Å². The maximum absolute atomic E-state index is 5.30. The molecule has 0 N–H and O–H groups in total. The first-order valence-corrected chi connectivity index (χ1v) is 18.5. The largest absolute Gasteiger partial charge is 0.294 e. The van der Waals surface area contributed by atoms with Crippen LogP contribution in [0.3, 0.4) is 0 Å². The second kappa shape index (κ2) is 12.7. The van der Waals surface area contributed by atoms with Gasteiger partial charge >= 0.3 is 0 Å². The van der Waals surface area contributed by atoms with E-state index in [1.807, 2.05) is 6.07 Å². The van der Waals surface area contributed by atoms with Crippen molar-refractivity contribution in [2.24, 2.45) is 0 Å². The number of fused-ring (bicyclic) bond motifs is 3. The van der Waals surface area contributed by atoms with Crippen LogP contribution in [0.15, 0.2) is 220 Å². The minimum absolute atomic E-state index is 0.689. The molecule has 0 unspecified atom stereocenters. The van der Waals surface area contributed by atoms with Crippen LogP contribution < -0.4 is 0 Å². The fourth-order valence-corrected chi connectivity index (χ4v) is 11.0. The normalized spacial score (nSPS) is 11.9. The lowest BCUT2D eigenvalue weighted by atomic mass is 10.1. The molecule has 0 radical (unpaired) electrons. The molecule has 0 bridgehead atoms. The summed E-state index contributed by atoms with van der Waals surface area (Å²) in [5.41, 5.74) is 5.14. The number of para-hydroxylation sites is 2. The van der Waals surface area contributed by atoms with E-state index >= 15 is 0 Å². The molecular formula is C46H33N3S. The smallest absolute Gasteiger partial charge is 0.162 e. The van der Waals surface area contributed by atoms with Crippen molar-refractivity contribution >= 4 is 31.8 Å². The Balaban J connectivity index is 1.26. The first-order chi connectivity index (χ1) is 24.8. The molecular weight excluding hydrogens is 627 g/mol. The lowest BCUT2D eigenvalue weighted by molar-refractivity contribution is 1.05. The maximum Gasteiger partial charge on any atom is 0.162 e. The molecule has 238 valence electrons. The molecule has 9 rings (SSSR count). The SMILES string of the molecule is c1ccc(-c2cc(-n3c4ccccc4c4ccccc43)nc(-c3ccc(S(c4ccccc4)(c4ccccc4)c4ccccc4)cc3)n2)cc1. The van der Waals surface area contributed by atoms with Gasteiger partial charge in [-0.1, -0.05) is 133 Å². The van der Waals surface area contributed by atoms with Crippen LogP contribution in [0, 0.1) is 0 Å². The van der Waals surface area contributed by atoms with Crippen LogP contribution in [0.5, 0.6) is 0 Å². The monoisotopic (exact) mass is 659 g/mol. The van der Waals surface area contributed by atoms with Gasteiger partial charge in [-0.25, -0.2) is 9.97 Å². The zero-order valence-corrected chi connectivity index (χ0v) is 28.1. The van der Waals surface area contributed by atoms with E-state index in [-0.39, 0.29) is 0 Å². The van der Waals surface area contributed by atoms with Gasteiger partial charge in [-0.2, -0.15) is 0 Å². The summed E-state index contributed by atoms with van der Waals surface area (Å²) in [5, 5.41) is 2.41. The number of nitrogens with zero attached hydrogens (tertiary/aromatic N) is 3. The van der Waals surface area contributed by atoms with E-state index in [0.717, 1.165) is 33.7 Å². The Morgan fingerprint density at radius 3 is 1.28 bits per heavy atom. The van der Waals surface area contributed by atoms with Crippen molar-refractivity contribution in [3.8, 4) is 28.5 Å². The summed E-state index contributed by atoms with van der Waals surface area (Å²) >= 11 is 0. The third-order valence-corrected chi connectivity index (χ3v) is 13.3. The minimum Gasteiger partial charge on any atom is -0.294 e. The van der Waals surface area contributed by atoms with Crippen molar-refractivity contribution < 1.29 is 0 Å². The molecule has 50 heavy (non-hydrogen) atoms. The zero-order valence-electron chi connectivity index (χ0n) is 27.3. The molecule has 9 aromatic rings. The molecule has 0 aliphatic carbocycles. The highest BCUT2D eigenvalue weighted by molar-refractivity contribution is 8.34. The van der Waals surface area contributed by atoms with Crippen molar-refractivity contribution in [3.63, 3.8) is 0 Å². The molecule has 0 saturated carbocycles. The van der Waals surface area contributed by atoms with Crippen molar-refractivity contribution in [2.45, 2.75) is 19.6 Å². The molecule has 0 spiro atoms. The highest BCUT2D eigenvalue weighted by Gasteiger charge is 2.33. The Morgan fingerprint density at radius 1 is 0.360 bits per heavy atom. The molecule has 0 saturated heterocycles. The Morgan fingerprint density at radius 2 is 0.780 bits per heavy atom. The molecule has 0 aliphatic rings. The molecule has 7 aromatic carbocycles. The highest BCUT2D eigenvalue weighted by Crippen LogP contribution is 2.73. The van der Waals surface area contributed by atoms with E-state index in [1.54, 1.807) is 0 Å². The molecule has 0 fully saturated rings. The van der Waals surface area contributed by atoms with Gasteiger partial charge in [-0.3, -0.25) is 4.57 Å². The number of benzene rings is 7. The zero-order chi connectivity index (χ0) is 33.3. The molecule has 0 atom stereocenters. The van der Waals surface area contributed by atoms with Gasteiger partial charge in [-0.15, -0.1) is 10.0 Å². The Kier molecular flexibility index (Phi) is 7.57. The topological polar surface area (TPSA) is 30.7 Å². The summed E-state index contributed by atoms with van der Waals surface area (Å²) in [6, 6.07) is 71.4. The lowest BCUT2D eigenvalue weighted by Gasteiger charge is -2.42.